The van der Waals surface area contributed by atoms with Gasteiger partial charge in [0.2, 0.25) is 0 Å². The molecule has 0 aromatic heterocycles. The fraction of sp³-hybridized carbons (Fsp3) is 0.680. The van der Waals surface area contributed by atoms with Crippen molar-refractivity contribution in [3.05, 3.63) is 47.3 Å². The first-order chi connectivity index (χ1) is 13.9. The molecule has 0 atom stereocenters. The van der Waals surface area contributed by atoms with Gasteiger partial charge in [0, 0.05) is 5.92 Å². The van der Waals surface area contributed by atoms with Crippen molar-refractivity contribution in [1.82, 2.24) is 0 Å². The lowest BCUT2D eigenvalue weighted by atomic mass is 9.68. The summed E-state index contributed by atoms with van der Waals surface area (Å²) in [6.45, 7) is 2.22. The molecule has 3 rings (SSSR count). The number of halogens is 4. The minimum Gasteiger partial charge on any atom is -0.212 e. The molecule has 0 radical (unpaired) electrons. The fourth-order valence-corrected chi connectivity index (χ4v) is 5.40. The van der Waals surface area contributed by atoms with Crippen LogP contribution in [0.2, 0.25) is 0 Å². The zero-order valence-electron chi connectivity index (χ0n) is 17.5. The standard InChI is InChI=1S/C25H34F4/c1-2-3-4-18-5-7-19(8-6-18)20-9-11-21(12-10-20)22-13-15-23(16-14-22)24(26)17-25(27,28)29/h5-8,17,20-23H,2-4,9-16H2,1H3/b24-17-. The van der Waals surface area contributed by atoms with Gasteiger partial charge in [-0.2, -0.15) is 13.2 Å². The number of allylic oxidation sites excluding steroid dienone is 2. The smallest absolute Gasteiger partial charge is 0.212 e. The highest BCUT2D eigenvalue weighted by Gasteiger charge is 2.34. The van der Waals surface area contributed by atoms with Crippen LogP contribution in [-0.2, 0) is 6.42 Å². The molecule has 2 aliphatic carbocycles. The van der Waals surface area contributed by atoms with E-state index in [4.69, 9.17) is 0 Å². The van der Waals surface area contributed by atoms with E-state index in [0.717, 1.165) is 19.3 Å². The second-order valence-corrected chi connectivity index (χ2v) is 9.14. The van der Waals surface area contributed by atoms with E-state index >= 15 is 0 Å². The SMILES string of the molecule is CCCCc1ccc(C2CCC(C3CCC(/C(F)=C/C(F)(F)F)CC3)CC2)cc1. The third kappa shape index (κ3) is 6.58. The predicted octanol–water partition coefficient (Wildman–Crippen LogP) is 8.53. The maximum Gasteiger partial charge on any atom is 0.412 e. The number of unbranched alkanes of at least 4 members (excludes halogenated alkanes) is 1. The van der Waals surface area contributed by atoms with Gasteiger partial charge in [-0.25, -0.2) is 4.39 Å². The summed E-state index contributed by atoms with van der Waals surface area (Å²) in [6, 6.07) is 9.16. The third-order valence-corrected chi connectivity index (χ3v) is 7.17. The van der Waals surface area contributed by atoms with Crippen LogP contribution in [0.4, 0.5) is 17.6 Å². The Kier molecular flexibility index (Phi) is 7.81. The molecule has 0 nitrogen and oxygen atoms in total. The van der Waals surface area contributed by atoms with E-state index in [2.05, 4.69) is 31.2 Å². The second kappa shape index (κ2) is 10.1. The average molecular weight is 411 g/mol. The lowest BCUT2D eigenvalue weighted by molar-refractivity contribution is -0.0821. The summed E-state index contributed by atoms with van der Waals surface area (Å²) in [6.07, 6.45) is 6.55. The first-order valence-electron chi connectivity index (χ1n) is 11.4. The Morgan fingerprint density at radius 2 is 1.45 bits per heavy atom. The van der Waals surface area contributed by atoms with E-state index in [1.165, 1.54) is 49.7 Å². The maximum atomic E-state index is 13.8. The predicted molar refractivity (Wildman–Crippen MR) is 110 cm³/mol. The number of rotatable bonds is 6. The molecule has 2 aliphatic rings. The van der Waals surface area contributed by atoms with E-state index in [1.54, 1.807) is 0 Å². The van der Waals surface area contributed by atoms with E-state index in [0.29, 0.717) is 30.6 Å². The van der Waals surface area contributed by atoms with Crippen LogP contribution in [0.5, 0.6) is 0 Å². The average Bonchev–Trinajstić information content (AvgIpc) is 2.72. The summed E-state index contributed by atoms with van der Waals surface area (Å²) in [5.74, 6) is 0.348. The molecule has 0 amide bonds. The lowest BCUT2D eigenvalue weighted by Gasteiger charge is -2.37. The van der Waals surface area contributed by atoms with Crippen molar-refractivity contribution in [2.24, 2.45) is 17.8 Å². The van der Waals surface area contributed by atoms with E-state index in [-0.39, 0.29) is 6.08 Å². The summed E-state index contributed by atoms with van der Waals surface area (Å²) in [4.78, 5) is 0. The lowest BCUT2D eigenvalue weighted by Crippen LogP contribution is -2.26. The molecule has 1 aromatic rings. The minimum atomic E-state index is -4.55. The molecule has 162 valence electrons. The van der Waals surface area contributed by atoms with Crippen LogP contribution < -0.4 is 0 Å². The highest BCUT2D eigenvalue weighted by Crippen LogP contribution is 2.45. The van der Waals surface area contributed by atoms with Gasteiger partial charge in [-0.3, -0.25) is 0 Å². The van der Waals surface area contributed by atoms with Crippen LogP contribution in [0.15, 0.2) is 36.2 Å². The van der Waals surface area contributed by atoms with Gasteiger partial charge in [0.25, 0.3) is 0 Å². The summed E-state index contributed by atoms with van der Waals surface area (Å²) >= 11 is 0. The zero-order chi connectivity index (χ0) is 20.9. The summed E-state index contributed by atoms with van der Waals surface area (Å²) in [5.41, 5.74) is 2.87. The van der Waals surface area contributed by atoms with E-state index in [1.807, 2.05) is 0 Å². The maximum absolute atomic E-state index is 13.8. The van der Waals surface area contributed by atoms with Gasteiger partial charge in [0.05, 0.1) is 6.08 Å². The molecule has 0 N–H and O–H groups in total. The van der Waals surface area contributed by atoms with Crippen LogP contribution in [0.3, 0.4) is 0 Å². The van der Waals surface area contributed by atoms with Gasteiger partial charge in [0.15, 0.2) is 0 Å². The molecule has 0 heterocycles. The Morgan fingerprint density at radius 3 is 1.97 bits per heavy atom. The molecule has 2 saturated carbocycles. The number of benzene rings is 1. The van der Waals surface area contributed by atoms with Crippen molar-refractivity contribution in [2.75, 3.05) is 0 Å². The van der Waals surface area contributed by atoms with Gasteiger partial charge in [-0.1, -0.05) is 37.6 Å². The normalized spacial score (nSPS) is 29.1. The highest BCUT2D eigenvalue weighted by molar-refractivity contribution is 5.26. The second-order valence-electron chi connectivity index (χ2n) is 9.14. The quantitative estimate of drug-likeness (QED) is 0.412. The number of hydrogen-bond acceptors (Lipinski definition) is 0. The molecule has 29 heavy (non-hydrogen) atoms. The van der Waals surface area contributed by atoms with Crippen LogP contribution in [0, 0.1) is 17.8 Å². The molecule has 0 aliphatic heterocycles. The summed E-state index contributed by atoms with van der Waals surface area (Å²) in [5, 5.41) is 0. The minimum absolute atomic E-state index is 0.142. The molecule has 0 spiro atoms. The number of hydrogen-bond donors (Lipinski definition) is 0. The van der Waals surface area contributed by atoms with Crippen LogP contribution in [0.25, 0.3) is 0 Å². The van der Waals surface area contributed by atoms with Crippen molar-refractivity contribution < 1.29 is 17.6 Å². The van der Waals surface area contributed by atoms with Gasteiger partial charge < -0.3 is 0 Å². The molecule has 1 aromatic carbocycles. The first-order valence-corrected chi connectivity index (χ1v) is 11.4. The van der Waals surface area contributed by atoms with Crippen molar-refractivity contribution >= 4 is 0 Å². The summed E-state index contributed by atoms with van der Waals surface area (Å²) in [7, 11) is 0. The van der Waals surface area contributed by atoms with Gasteiger partial charge in [0.1, 0.15) is 5.83 Å². The zero-order valence-corrected chi connectivity index (χ0v) is 17.5. The van der Waals surface area contributed by atoms with Crippen molar-refractivity contribution in [2.45, 2.75) is 89.6 Å². The topological polar surface area (TPSA) is 0 Å². The van der Waals surface area contributed by atoms with Gasteiger partial charge in [-0.05, 0) is 93.1 Å². The van der Waals surface area contributed by atoms with E-state index < -0.39 is 17.9 Å². The Hall–Kier alpha value is -1.32. The molecule has 0 bridgehead atoms. The Bertz CT molecular complexity index is 642. The van der Waals surface area contributed by atoms with Crippen molar-refractivity contribution in [3.8, 4) is 0 Å². The van der Waals surface area contributed by atoms with Crippen molar-refractivity contribution in [3.63, 3.8) is 0 Å². The third-order valence-electron chi connectivity index (χ3n) is 7.17. The largest absolute Gasteiger partial charge is 0.412 e. The molecule has 4 heteroatoms. The van der Waals surface area contributed by atoms with Crippen LogP contribution in [-0.4, -0.2) is 6.18 Å². The number of aryl methyl sites for hydroxylation is 1. The molecular formula is C25H34F4. The van der Waals surface area contributed by atoms with E-state index in [9.17, 15) is 17.6 Å². The van der Waals surface area contributed by atoms with Crippen LogP contribution >= 0.6 is 0 Å². The van der Waals surface area contributed by atoms with Gasteiger partial charge >= 0.3 is 6.18 Å². The molecule has 2 fully saturated rings. The Morgan fingerprint density at radius 1 is 0.897 bits per heavy atom. The molecular weight excluding hydrogens is 376 g/mol. The van der Waals surface area contributed by atoms with Gasteiger partial charge in [-0.15, -0.1) is 0 Å². The highest BCUT2D eigenvalue weighted by atomic mass is 19.4. The van der Waals surface area contributed by atoms with Crippen LogP contribution in [0.1, 0.15) is 88.2 Å². The Balaban J connectivity index is 1.45. The monoisotopic (exact) mass is 410 g/mol. The molecule has 0 saturated heterocycles. The fourth-order valence-electron chi connectivity index (χ4n) is 5.40. The molecule has 0 unspecified atom stereocenters. The number of alkyl halides is 3. The Labute approximate surface area is 172 Å². The first kappa shape index (κ1) is 22.4. The summed E-state index contributed by atoms with van der Waals surface area (Å²) < 4.78 is 50.9. The van der Waals surface area contributed by atoms with Crippen molar-refractivity contribution in [1.29, 1.82) is 0 Å².